The van der Waals surface area contributed by atoms with Gasteiger partial charge in [0.05, 0.1) is 24.9 Å². The minimum absolute atomic E-state index is 0. The van der Waals surface area contributed by atoms with E-state index in [4.69, 9.17) is 9.73 Å². The third kappa shape index (κ3) is 5.20. The van der Waals surface area contributed by atoms with Crippen LogP contribution in [0.4, 0.5) is 0 Å². The monoisotopic (exact) mass is 442 g/mol. The Balaban J connectivity index is 0.00000385. The van der Waals surface area contributed by atoms with E-state index in [1.807, 2.05) is 45.2 Å². The minimum atomic E-state index is -0.950. The lowest BCUT2D eigenvalue weighted by Gasteiger charge is -2.35. The van der Waals surface area contributed by atoms with Gasteiger partial charge in [-0.05, 0) is 34.1 Å². The first-order valence-electron chi connectivity index (χ1n) is 10.9. The first-order valence-corrected chi connectivity index (χ1v) is 10.9. The van der Waals surface area contributed by atoms with Gasteiger partial charge < -0.3 is 15.0 Å². The third-order valence-corrected chi connectivity index (χ3v) is 5.93. The van der Waals surface area contributed by atoms with Crippen molar-refractivity contribution in [2.24, 2.45) is 25.9 Å². The topological polar surface area (TPSA) is 108 Å². The maximum atomic E-state index is 12.7. The summed E-state index contributed by atoms with van der Waals surface area (Å²) in [7, 11) is 1.73. The molecule has 0 saturated carbocycles. The van der Waals surface area contributed by atoms with Gasteiger partial charge in [0, 0.05) is 27.2 Å². The van der Waals surface area contributed by atoms with Crippen molar-refractivity contribution in [3.8, 4) is 0 Å². The Kier molecular flexibility index (Phi) is 7.06. The van der Waals surface area contributed by atoms with Crippen molar-refractivity contribution in [3.63, 3.8) is 0 Å². The van der Waals surface area contributed by atoms with Gasteiger partial charge in [0.15, 0.2) is 5.54 Å². The van der Waals surface area contributed by atoms with Crippen molar-refractivity contribution in [1.82, 2.24) is 10.2 Å². The molecule has 0 aromatic carbocycles. The number of hydrogen-bond donors (Lipinski definition) is 1. The summed E-state index contributed by atoms with van der Waals surface area (Å²) in [6, 6.07) is 0. The fourth-order valence-electron chi connectivity index (χ4n) is 3.64. The lowest BCUT2D eigenvalue weighted by molar-refractivity contribution is -0.128. The molecule has 0 fully saturated rings. The first-order chi connectivity index (χ1) is 15.2. The van der Waals surface area contributed by atoms with Crippen LogP contribution in [0.1, 0.15) is 42.0 Å². The van der Waals surface area contributed by atoms with Crippen molar-refractivity contribution in [3.05, 3.63) is 23.9 Å². The molecule has 2 amide bonds. The number of aliphatic imine (C=N–C) groups is 4. The summed E-state index contributed by atoms with van der Waals surface area (Å²) >= 11 is 0. The summed E-state index contributed by atoms with van der Waals surface area (Å²) in [5, 5.41) is 2.97. The molecule has 174 valence electrons. The fourth-order valence-corrected chi connectivity index (χ4v) is 3.64. The molecule has 3 rings (SSSR count). The van der Waals surface area contributed by atoms with Crippen LogP contribution in [-0.2, 0) is 14.3 Å². The average molecular weight is 443 g/mol. The summed E-state index contributed by atoms with van der Waals surface area (Å²) in [6.45, 7) is 8.56. The highest BCUT2D eigenvalue weighted by molar-refractivity contribution is 6.27. The van der Waals surface area contributed by atoms with Crippen LogP contribution >= 0.6 is 0 Å². The van der Waals surface area contributed by atoms with E-state index in [9.17, 15) is 9.59 Å². The molecule has 9 heteroatoms. The molecule has 1 N–H and O–H groups in total. The zero-order valence-electron chi connectivity index (χ0n) is 19.5. The molecular weight excluding hydrogens is 408 g/mol. The van der Waals surface area contributed by atoms with Gasteiger partial charge in [-0.2, -0.15) is 0 Å². The van der Waals surface area contributed by atoms with E-state index in [-0.39, 0.29) is 25.7 Å². The number of amidine groups is 1. The van der Waals surface area contributed by atoms with Gasteiger partial charge in [0.25, 0.3) is 0 Å². The Hall–Kier alpha value is -3.10. The van der Waals surface area contributed by atoms with Crippen LogP contribution < -0.4 is 5.32 Å². The number of amides is 2. The van der Waals surface area contributed by atoms with Crippen LogP contribution in [0, 0.1) is 5.92 Å². The smallest absolute Gasteiger partial charge is 0.249 e. The minimum Gasteiger partial charge on any atom is -0.473 e. The third-order valence-electron chi connectivity index (χ3n) is 5.93. The molecule has 0 bridgehead atoms. The number of nitrogens with zero attached hydrogens (tertiary/aromatic N) is 5. The van der Waals surface area contributed by atoms with Gasteiger partial charge >= 0.3 is 0 Å². The molecule has 0 saturated heterocycles. The Morgan fingerprint density at radius 1 is 1.44 bits per heavy atom. The van der Waals surface area contributed by atoms with Crippen molar-refractivity contribution in [1.29, 1.82) is 0 Å². The Bertz CT molecular complexity index is 954. The average Bonchev–Trinajstić information content (AvgIpc) is 2.77. The molecule has 0 aromatic rings. The summed E-state index contributed by atoms with van der Waals surface area (Å²) in [5.74, 6) is 1.04. The Labute approximate surface area is 190 Å². The molecule has 3 aliphatic rings. The molecule has 32 heavy (non-hydrogen) atoms. The highest BCUT2D eigenvalue weighted by atomic mass is 16.5. The largest absolute Gasteiger partial charge is 0.473 e. The lowest BCUT2D eigenvalue weighted by Crippen LogP contribution is -2.48. The molecule has 3 atom stereocenters. The molecule has 0 aromatic heterocycles. The quantitative estimate of drug-likeness (QED) is 0.637. The predicted octanol–water partition coefficient (Wildman–Crippen LogP) is 2.20. The second-order valence-corrected chi connectivity index (χ2v) is 8.70. The number of allylic oxidation sites excluding steroid dienone is 2. The summed E-state index contributed by atoms with van der Waals surface area (Å²) in [5.41, 5.74) is -0.800. The zero-order valence-corrected chi connectivity index (χ0v) is 19.5. The summed E-state index contributed by atoms with van der Waals surface area (Å²) in [4.78, 5) is 44.5. The summed E-state index contributed by atoms with van der Waals surface area (Å²) in [6.07, 6.45) is 10.2. The fraction of sp³-hybridized carbons (Fsp3) is 0.565. The van der Waals surface area contributed by atoms with Gasteiger partial charge in [0.2, 0.25) is 17.7 Å². The number of ether oxygens (including phenoxy) is 1. The van der Waals surface area contributed by atoms with Crippen molar-refractivity contribution in [2.75, 3.05) is 26.7 Å². The van der Waals surface area contributed by atoms with Crippen LogP contribution in [0.3, 0.4) is 0 Å². The van der Waals surface area contributed by atoms with Gasteiger partial charge in [0.1, 0.15) is 18.0 Å². The van der Waals surface area contributed by atoms with E-state index in [2.05, 4.69) is 20.3 Å². The molecule has 0 radical (unpaired) electrons. The highest BCUT2D eigenvalue weighted by Gasteiger charge is 2.38. The van der Waals surface area contributed by atoms with E-state index in [0.29, 0.717) is 37.7 Å². The van der Waals surface area contributed by atoms with Gasteiger partial charge in [-0.1, -0.05) is 18.2 Å². The molecule has 3 heterocycles. The van der Waals surface area contributed by atoms with Crippen molar-refractivity contribution >= 4 is 36.0 Å². The maximum Gasteiger partial charge on any atom is 0.249 e. The van der Waals surface area contributed by atoms with E-state index >= 15 is 0 Å². The molecule has 3 unspecified atom stereocenters. The van der Waals surface area contributed by atoms with Crippen LogP contribution in [0.25, 0.3) is 0 Å². The van der Waals surface area contributed by atoms with E-state index in [1.165, 1.54) is 6.21 Å². The number of rotatable bonds is 6. The SMILES string of the molecule is C/C=C/COC1=NCC(C)(C(=O)NCC2C=NC(C3(C)CC(=O)N(C)C(C)=N3)=CC2)N=C1.[HH]. The number of hydrogen-bond acceptors (Lipinski definition) is 7. The molecular formula is C23H34N6O3. The standard InChI is InChI=1S/C23H32N6O3.H2/c1-6-7-10-32-19-14-27-23(4,15-26-19)21(31)25-13-17-8-9-18(24-12-17)22(3)11-20(30)29(5)16(2)28-22;/h6-7,9,12,14,17H,8,10-11,13,15H2,1-5H3,(H,25,31);1H/b7-6+;. The second-order valence-electron chi connectivity index (χ2n) is 8.70. The van der Waals surface area contributed by atoms with Crippen LogP contribution in [-0.4, -0.2) is 78.7 Å². The molecule has 0 aliphatic carbocycles. The number of carbonyl (C=O) groups excluding carboxylic acids is 2. The van der Waals surface area contributed by atoms with Crippen molar-refractivity contribution < 1.29 is 15.8 Å². The van der Waals surface area contributed by atoms with E-state index in [0.717, 1.165) is 5.70 Å². The predicted molar refractivity (Wildman–Crippen MR) is 129 cm³/mol. The van der Waals surface area contributed by atoms with Gasteiger partial charge in [-0.3, -0.25) is 24.6 Å². The van der Waals surface area contributed by atoms with Crippen LogP contribution in [0.15, 0.2) is 43.9 Å². The van der Waals surface area contributed by atoms with Crippen LogP contribution in [0.5, 0.6) is 0 Å². The lowest BCUT2D eigenvalue weighted by atomic mass is 9.88. The van der Waals surface area contributed by atoms with Crippen LogP contribution in [0.2, 0.25) is 0 Å². The highest BCUT2D eigenvalue weighted by Crippen LogP contribution is 2.33. The van der Waals surface area contributed by atoms with E-state index < -0.39 is 11.1 Å². The van der Waals surface area contributed by atoms with Gasteiger partial charge in [-0.25, -0.2) is 4.99 Å². The van der Waals surface area contributed by atoms with E-state index in [1.54, 1.807) is 18.9 Å². The molecule has 9 nitrogen and oxygen atoms in total. The Morgan fingerprint density at radius 2 is 2.22 bits per heavy atom. The Morgan fingerprint density at radius 3 is 2.81 bits per heavy atom. The van der Waals surface area contributed by atoms with Gasteiger partial charge in [-0.15, -0.1) is 0 Å². The normalized spacial score (nSPS) is 30.2. The number of carbonyl (C=O) groups is 2. The number of nitrogens with one attached hydrogen (secondary N) is 1. The molecule has 0 spiro atoms. The molecule has 3 aliphatic heterocycles. The van der Waals surface area contributed by atoms with Crippen molar-refractivity contribution in [2.45, 2.75) is 51.6 Å². The maximum absolute atomic E-state index is 12.7. The zero-order chi connectivity index (χ0) is 23.4. The summed E-state index contributed by atoms with van der Waals surface area (Å²) < 4.78 is 5.46. The second kappa shape index (κ2) is 9.58. The first kappa shape index (κ1) is 23.6.